The molecule has 1 unspecified atom stereocenters. The van der Waals surface area contributed by atoms with Crippen LogP contribution in [0.1, 0.15) is 32.3 Å². The minimum Gasteiger partial charge on any atom is -0.492 e. The molecular formula is C16H22F3NO2. The molecule has 1 atom stereocenters. The first kappa shape index (κ1) is 17.1. The van der Waals surface area contributed by atoms with Crippen molar-refractivity contribution < 1.29 is 23.0 Å². The molecule has 3 nitrogen and oxygen atoms in total. The molecule has 0 radical (unpaired) electrons. The number of hydrogen-bond acceptors (Lipinski definition) is 3. The van der Waals surface area contributed by atoms with Crippen LogP contribution in [0.4, 0.5) is 13.2 Å². The first-order valence-electron chi connectivity index (χ1n) is 7.45. The number of likely N-dealkylation sites (tertiary alicyclic amines) is 1. The lowest BCUT2D eigenvalue weighted by atomic mass is 9.97. The standard InChI is InChI=1S/C16H22F3NO2/c1-15(2,21)14-8-5-9-20(14)10-11-22-13-7-4-3-6-12(13)16(17,18)19/h3-4,6-7,14,21H,5,8-11H2,1-2H3. The first-order chi connectivity index (χ1) is 10.2. The smallest absolute Gasteiger partial charge is 0.419 e. The van der Waals surface area contributed by atoms with Crippen molar-refractivity contribution in [2.24, 2.45) is 0 Å². The van der Waals surface area contributed by atoms with Crippen molar-refractivity contribution in [3.63, 3.8) is 0 Å². The van der Waals surface area contributed by atoms with Gasteiger partial charge in [-0.05, 0) is 45.4 Å². The molecule has 0 amide bonds. The Hall–Kier alpha value is -1.27. The van der Waals surface area contributed by atoms with Gasteiger partial charge in [0.05, 0.1) is 11.2 Å². The van der Waals surface area contributed by atoms with Crippen molar-refractivity contribution in [3.05, 3.63) is 29.8 Å². The molecule has 0 spiro atoms. The maximum Gasteiger partial charge on any atom is 0.419 e. The molecular weight excluding hydrogens is 295 g/mol. The molecule has 1 aliphatic heterocycles. The molecule has 0 bridgehead atoms. The summed E-state index contributed by atoms with van der Waals surface area (Å²) in [7, 11) is 0. The fourth-order valence-electron chi connectivity index (χ4n) is 2.99. The minimum absolute atomic E-state index is 0.0222. The lowest BCUT2D eigenvalue weighted by Gasteiger charge is -2.33. The molecule has 1 saturated heterocycles. The van der Waals surface area contributed by atoms with E-state index in [0.29, 0.717) is 6.54 Å². The fourth-order valence-corrected chi connectivity index (χ4v) is 2.99. The second-order valence-electron chi connectivity index (χ2n) is 6.19. The van der Waals surface area contributed by atoms with Gasteiger partial charge in [0.1, 0.15) is 12.4 Å². The van der Waals surface area contributed by atoms with E-state index < -0.39 is 17.3 Å². The van der Waals surface area contributed by atoms with E-state index in [2.05, 4.69) is 4.90 Å². The number of halogens is 3. The lowest BCUT2D eigenvalue weighted by Crippen LogP contribution is -2.46. The molecule has 1 aromatic carbocycles. The van der Waals surface area contributed by atoms with Crippen LogP contribution in [-0.2, 0) is 6.18 Å². The zero-order chi connectivity index (χ0) is 16.4. The van der Waals surface area contributed by atoms with Crippen molar-refractivity contribution >= 4 is 0 Å². The van der Waals surface area contributed by atoms with Crippen LogP contribution in [0.3, 0.4) is 0 Å². The monoisotopic (exact) mass is 317 g/mol. The van der Waals surface area contributed by atoms with Gasteiger partial charge in [-0.1, -0.05) is 12.1 Å². The van der Waals surface area contributed by atoms with E-state index >= 15 is 0 Å². The number of rotatable bonds is 5. The van der Waals surface area contributed by atoms with Gasteiger partial charge in [-0.15, -0.1) is 0 Å². The van der Waals surface area contributed by atoms with Crippen LogP contribution in [0.5, 0.6) is 5.75 Å². The van der Waals surface area contributed by atoms with E-state index in [1.165, 1.54) is 18.2 Å². The highest BCUT2D eigenvalue weighted by atomic mass is 19.4. The Morgan fingerprint density at radius 1 is 1.27 bits per heavy atom. The molecule has 0 saturated carbocycles. The number of benzene rings is 1. The van der Waals surface area contributed by atoms with Crippen molar-refractivity contribution in [1.82, 2.24) is 4.90 Å². The molecule has 124 valence electrons. The number of para-hydroxylation sites is 1. The van der Waals surface area contributed by atoms with Crippen molar-refractivity contribution in [2.45, 2.75) is 44.5 Å². The second-order valence-corrected chi connectivity index (χ2v) is 6.19. The highest BCUT2D eigenvalue weighted by Gasteiger charge is 2.36. The van der Waals surface area contributed by atoms with E-state index in [4.69, 9.17) is 4.74 Å². The van der Waals surface area contributed by atoms with Gasteiger partial charge in [-0.3, -0.25) is 4.90 Å². The molecule has 6 heteroatoms. The summed E-state index contributed by atoms with van der Waals surface area (Å²) < 4.78 is 44.0. The average Bonchev–Trinajstić information content (AvgIpc) is 2.86. The molecule has 2 rings (SSSR count). The molecule has 1 N–H and O–H groups in total. The summed E-state index contributed by atoms with van der Waals surface area (Å²) in [5.41, 5.74) is -1.57. The second kappa shape index (κ2) is 6.46. The summed E-state index contributed by atoms with van der Waals surface area (Å²) in [4.78, 5) is 2.08. The Balaban J connectivity index is 1.95. The highest BCUT2D eigenvalue weighted by molar-refractivity contribution is 5.35. The number of aliphatic hydroxyl groups is 1. The van der Waals surface area contributed by atoms with Gasteiger partial charge in [0.25, 0.3) is 0 Å². The van der Waals surface area contributed by atoms with Crippen LogP contribution in [-0.4, -0.2) is 41.3 Å². The third-order valence-electron chi connectivity index (χ3n) is 4.01. The van der Waals surface area contributed by atoms with Crippen LogP contribution in [0.2, 0.25) is 0 Å². The zero-order valence-corrected chi connectivity index (χ0v) is 12.9. The summed E-state index contributed by atoms with van der Waals surface area (Å²) in [6.45, 7) is 5.02. The van der Waals surface area contributed by atoms with E-state index in [0.717, 1.165) is 25.5 Å². The minimum atomic E-state index is -4.42. The van der Waals surface area contributed by atoms with Gasteiger partial charge in [-0.2, -0.15) is 13.2 Å². The quantitative estimate of drug-likeness (QED) is 0.904. The van der Waals surface area contributed by atoms with E-state index in [1.54, 1.807) is 13.8 Å². The Morgan fingerprint density at radius 3 is 2.59 bits per heavy atom. The molecule has 1 heterocycles. The maximum atomic E-state index is 12.9. The number of nitrogens with zero attached hydrogens (tertiary/aromatic N) is 1. The SMILES string of the molecule is CC(C)(O)C1CCCN1CCOc1ccccc1C(F)(F)F. The number of alkyl halides is 3. The maximum absolute atomic E-state index is 12.9. The van der Waals surface area contributed by atoms with Crippen LogP contribution in [0, 0.1) is 0 Å². The molecule has 1 fully saturated rings. The van der Waals surface area contributed by atoms with Crippen molar-refractivity contribution in [3.8, 4) is 5.75 Å². The van der Waals surface area contributed by atoms with Gasteiger partial charge < -0.3 is 9.84 Å². The summed E-state index contributed by atoms with van der Waals surface area (Å²) in [6, 6.07) is 5.25. The van der Waals surface area contributed by atoms with Gasteiger partial charge in [0.15, 0.2) is 0 Å². The van der Waals surface area contributed by atoms with Gasteiger partial charge in [0, 0.05) is 12.6 Å². The summed E-state index contributed by atoms with van der Waals surface area (Å²) in [6.07, 6.45) is -2.55. The van der Waals surface area contributed by atoms with Crippen molar-refractivity contribution in [2.75, 3.05) is 19.7 Å². The van der Waals surface area contributed by atoms with Gasteiger partial charge >= 0.3 is 6.18 Å². The summed E-state index contributed by atoms with van der Waals surface area (Å²) in [5.74, 6) is -0.144. The van der Waals surface area contributed by atoms with Crippen molar-refractivity contribution in [1.29, 1.82) is 0 Å². The topological polar surface area (TPSA) is 32.7 Å². The van der Waals surface area contributed by atoms with Crippen LogP contribution in [0.25, 0.3) is 0 Å². The predicted molar refractivity (Wildman–Crippen MR) is 77.8 cm³/mol. The Morgan fingerprint density at radius 2 is 1.95 bits per heavy atom. The molecule has 1 aromatic rings. The van der Waals surface area contributed by atoms with E-state index in [-0.39, 0.29) is 18.4 Å². The van der Waals surface area contributed by atoms with Gasteiger partial charge in [-0.25, -0.2) is 0 Å². The average molecular weight is 317 g/mol. The largest absolute Gasteiger partial charge is 0.492 e. The molecule has 1 aliphatic rings. The summed E-state index contributed by atoms with van der Waals surface area (Å²) in [5, 5.41) is 10.1. The fraction of sp³-hybridized carbons (Fsp3) is 0.625. The zero-order valence-electron chi connectivity index (χ0n) is 12.9. The van der Waals surface area contributed by atoms with E-state index in [1.807, 2.05) is 0 Å². The highest BCUT2D eigenvalue weighted by Crippen LogP contribution is 2.36. The molecule has 0 aromatic heterocycles. The summed E-state index contributed by atoms with van der Waals surface area (Å²) >= 11 is 0. The number of ether oxygens (including phenoxy) is 1. The lowest BCUT2D eigenvalue weighted by molar-refractivity contribution is -0.139. The normalized spacial score (nSPS) is 20.4. The molecule has 22 heavy (non-hydrogen) atoms. The Labute approximate surface area is 128 Å². The predicted octanol–water partition coefficient (Wildman–Crippen LogP) is 3.32. The number of hydrogen-bond donors (Lipinski definition) is 1. The third-order valence-corrected chi connectivity index (χ3v) is 4.01. The third kappa shape index (κ3) is 4.14. The van der Waals surface area contributed by atoms with Crippen LogP contribution in [0.15, 0.2) is 24.3 Å². The van der Waals surface area contributed by atoms with Crippen LogP contribution >= 0.6 is 0 Å². The van der Waals surface area contributed by atoms with E-state index in [9.17, 15) is 18.3 Å². The Kier molecular flexibility index (Phi) is 5.02. The van der Waals surface area contributed by atoms with Crippen LogP contribution < -0.4 is 4.74 Å². The Bertz CT molecular complexity index is 497. The molecule has 0 aliphatic carbocycles. The first-order valence-corrected chi connectivity index (χ1v) is 7.45. The van der Waals surface area contributed by atoms with Gasteiger partial charge in [0.2, 0.25) is 0 Å².